The molecular formula is C15H23F3IN3. The number of aliphatic imine (C=N–C) groups is 1. The van der Waals surface area contributed by atoms with Crippen molar-refractivity contribution in [2.24, 2.45) is 4.99 Å². The fourth-order valence-electron chi connectivity index (χ4n) is 1.72. The van der Waals surface area contributed by atoms with Crippen molar-refractivity contribution >= 4 is 29.9 Å². The molecular weight excluding hydrogens is 406 g/mol. The molecule has 0 aliphatic heterocycles. The molecule has 0 saturated carbocycles. The Bertz CT molecular complexity index is 444. The van der Waals surface area contributed by atoms with Crippen molar-refractivity contribution in [3.8, 4) is 0 Å². The highest BCUT2D eigenvalue weighted by Crippen LogP contribution is 2.18. The summed E-state index contributed by atoms with van der Waals surface area (Å²) < 4.78 is 36.3. The Kier molecular flexibility index (Phi) is 10.2. The van der Waals surface area contributed by atoms with Crippen molar-refractivity contribution in [2.45, 2.75) is 32.9 Å². The highest BCUT2D eigenvalue weighted by Gasteiger charge is 2.26. The third-order valence-corrected chi connectivity index (χ3v) is 2.84. The molecule has 0 spiro atoms. The molecule has 3 nitrogen and oxygen atoms in total. The maximum absolute atomic E-state index is 12.1. The van der Waals surface area contributed by atoms with Crippen molar-refractivity contribution in [3.63, 3.8) is 0 Å². The van der Waals surface area contributed by atoms with Crippen molar-refractivity contribution < 1.29 is 13.2 Å². The second-order valence-electron chi connectivity index (χ2n) is 4.79. The lowest BCUT2D eigenvalue weighted by Gasteiger charge is -2.12. The van der Waals surface area contributed by atoms with Gasteiger partial charge in [-0.05, 0) is 25.8 Å². The van der Waals surface area contributed by atoms with E-state index >= 15 is 0 Å². The maximum Gasteiger partial charge on any atom is 0.390 e. The molecule has 0 saturated heterocycles. The van der Waals surface area contributed by atoms with Crippen LogP contribution in [0.3, 0.4) is 0 Å². The molecule has 0 atom stereocenters. The van der Waals surface area contributed by atoms with Crippen molar-refractivity contribution in [1.82, 2.24) is 10.6 Å². The number of hydrogen-bond acceptors (Lipinski definition) is 1. The Balaban J connectivity index is 0.00000441. The number of rotatable bonds is 6. The van der Waals surface area contributed by atoms with E-state index < -0.39 is 12.6 Å². The molecule has 0 radical (unpaired) electrons. The van der Waals surface area contributed by atoms with Gasteiger partial charge in [0.05, 0.1) is 13.0 Å². The molecule has 126 valence electrons. The van der Waals surface area contributed by atoms with E-state index in [1.165, 1.54) is 11.1 Å². The average Bonchev–Trinajstić information content (AvgIpc) is 2.39. The number of guanidine groups is 1. The van der Waals surface area contributed by atoms with E-state index in [0.29, 0.717) is 19.0 Å². The largest absolute Gasteiger partial charge is 0.390 e. The smallest absolute Gasteiger partial charge is 0.357 e. The summed E-state index contributed by atoms with van der Waals surface area (Å²) in [6.07, 6.45) is -4.27. The van der Waals surface area contributed by atoms with Crippen LogP contribution >= 0.6 is 24.0 Å². The summed E-state index contributed by atoms with van der Waals surface area (Å²) in [5, 5.41) is 5.98. The number of aryl methyl sites for hydroxylation is 1. The number of nitrogens with one attached hydrogen (secondary N) is 2. The fraction of sp³-hybridized carbons (Fsp3) is 0.533. The van der Waals surface area contributed by atoms with Crippen LogP contribution in [0.5, 0.6) is 0 Å². The van der Waals surface area contributed by atoms with Gasteiger partial charge in [0.2, 0.25) is 0 Å². The van der Waals surface area contributed by atoms with Gasteiger partial charge in [0, 0.05) is 13.1 Å². The van der Waals surface area contributed by atoms with Gasteiger partial charge in [0.15, 0.2) is 5.96 Å². The van der Waals surface area contributed by atoms with E-state index in [4.69, 9.17) is 0 Å². The standard InChI is InChI=1S/C15H22F3N3.HI/c1-3-19-14(21-11-9-15(16,17)18)20-10-8-13-6-4-12(2)5-7-13;/h4-7H,3,8-11H2,1-2H3,(H2,19,20,21);1H. The molecule has 0 aromatic heterocycles. The van der Waals surface area contributed by atoms with Gasteiger partial charge in [-0.25, -0.2) is 0 Å². The van der Waals surface area contributed by atoms with Crippen molar-refractivity contribution in [2.75, 3.05) is 19.6 Å². The first-order valence-electron chi connectivity index (χ1n) is 7.05. The Morgan fingerprint density at radius 1 is 1.14 bits per heavy atom. The van der Waals surface area contributed by atoms with Gasteiger partial charge >= 0.3 is 6.18 Å². The van der Waals surface area contributed by atoms with Crippen LogP contribution in [0.15, 0.2) is 29.3 Å². The topological polar surface area (TPSA) is 36.4 Å². The zero-order chi connectivity index (χ0) is 15.7. The van der Waals surface area contributed by atoms with Gasteiger partial charge in [-0.2, -0.15) is 13.2 Å². The minimum Gasteiger partial charge on any atom is -0.357 e. The second kappa shape index (κ2) is 10.7. The maximum atomic E-state index is 12.1. The van der Waals surface area contributed by atoms with E-state index in [2.05, 4.69) is 15.6 Å². The third-order valence-electron chi connectivity index (χ3n) is 2.84. The van der Waals surface area contributed by atoms with Crippen LogP contribution in [0.1, 0.15) is 24.5 Å². The van der Waals surface area contributed by atoms with Crippen LogP contribution < -0.4 is 10.6 Å². The summed E-state index contributed by atoms with van der Waals surface area (Å²) in [4.78, 5) is 3.92. The van der Waals surface area contributed by atoms with E-state index in [0.717, 1.165) is 6.42 Å². The fourth-order valence-corrected chi connectivity index (χ4v) is 1.72. The number of halogens is 4. The molecule has 2 N–H and O–H groups in total. The minimum absolute atomic E-state index is 0. The Labute approximate surface area is 146 Å². The molecule has 0 bridgehead atoms. The predicted octanol–water partition coefficient (Wildman–Crippen LogP) is 3.66. The second-order valence-corrected chi connectivity index (χ2v) is 4.79. The Hall–Kier alpha value is -0.990. The van der Waals surface area contributed by atoms with Crippen molar-refractivity contribution in [3.05, 3.63) is 35.4 Å². The van der Waals surface area contributed by atoms with Crippen LogP contribution in [0, 0.1) is 6.92 Å². The Morgan fingerprint density at radius 2 is 1.77 bits per heavy atom. The highest BCUT2D eigenvalue weighted by atomic mass is 127. The molecule has 0 aliphatic rings. The monoisotopic (exact) mass is 429 g/mol. The zero-order valence-electron chi connectivity index (χ0n) is 12.8. The zero-order valence-corrected chi connectivity index (χ0v) is 15.2. The number of alkyl halides is 3. The summed E-state index contributed by atoms with van der Waals surface area (Å²) in [6, 6.07) is 8.17. The molecule has 0 unspecified atom stereocenters. The third kappa shape index (κ3) is 9.86. The van der Waals surface area contributed by atoms with Gasteiger partial charge in [0.25, 0.3) is 0 Å². The molecule has 0 fully saturated rings. The predicted molar refractivity (Wildman–Crippen MR) is 95.0 cm³/mol. The summed E-state index contributed by atoms with van der Waals surface area (Å²) in [5.41, 5.74) is 2.38. The SMILES string of the molecule is CCNC(=NCCC(F)(F)F)NCCc1ccc(C)cc1.I. The molecule has 22 heavy (non-hydrogen) atoms. The van der Waals surface area contributed by atoms with Crippen LogP contribution in [0.4, 0.5) is 13.2 Å². The number of benzene rings is 1. The van der Waals surface area contributed by atoms with Crippen LogP contribution in [-0.4, -0.2) is 31.8 Å². The molecule has 0 aliphatic carbocycles. The highest BCUT2D eigenvalue weighted by molar-refractivity contribution is 14.0. The first kappa shape index (κ1) is 21.0. The van der Waals surface area contributed by atoms with Crippen LogP contribution in [0.2, 0.25) is 0 Å². The van der Waals surface area contributed by atoms with E-state index in [-0.39, 0.29) is 30.5 Å². The number of nitrogens with zero attached hydrogens (tertiary/aromatic N) is 1. The van der Waals surface area contributed by atoms with E-state index in [1.807, 2.05) is 38.1 Å². The molecule has 1 rings (SSSR count). The number of hydrogen-bond donors (Lipinski definition) is 2. The molecule has 7 heteroatoms. The lowest BCUT2D eigenvalue weighted by Crippen LogP contribution is -2.38. The summed E-state index contributed by atoms with van der Waals surface area (Å²) >= 11 is 0. The van der Waals surface area contributed by atoms with Gasteiger partial charge in [-0.3, -0.25) is 4.99 Å². The lowest BCUT2D eigenvalue weighted by molar-refractivity contribution is -0.132. The first-order chi connectivity index (χ1) is 9.90. The van der Waals surface area contributed by atoms with E-state index in [9.17, 15) is 13.2 Å². The van der Waals surface area contributed by atoms with Crippen LogP contribution in [0.25, 0.3) is 0 Å². The molecule has 0 heterocycles. The minimum atomic E-state index is -4.16. The molecule has 1 aromatic carbocycles. The van der Waals surface area contributed by atoms with Gasteiger partial charge in [-0.15, -0.1) is 24.0 Å². The Morgan fingerprint density at radius 3 is 2.32 bits per heavy atom. The quantitative estimate of drug-likeness (QED) is 0.412. The van der Waals surface area contributed by atoms with Gasteiger partial charge in [-0.1, -0.05) is 29.8 Å². The average molecular weight is 429 g/mol. The normalized spacial score (nSPS) is 11.8. The first-order valence-corrected chi connectivity index (χ1v) is 7.05. The van der Waals surface area contributed by atoms with Crippen molar-refractivity contribution in [1.29, 1.82) is 0 Å². The summed E-state index contributed by atoms with van der Waals surface area (Å²) in [6.45, 7) is 4.88. The van der Waals surface area contributed by atoms with E-state index in [1.54, 1.807) is 0 Å². The van der Waals surface area contributed by atoms with Gasteiger partial charge in [0.1, 0.15) is 0 Å². The summed E-state index contributed by atoms with van der Waals surface area (Å²) in [5.74, 6) is 0.425. The molecule has 0 amide bonds. The summed E-state index contributed by atoms with van der Waals surface area (Å²) in [7, 11) is 0. The lowest BCUT2D eigenvalue weighted by atomic mass is 10.1. The molecule has 1 aromatic rings. The van der Waals surface area contributed by atoms with Gasteiger partial charge < -0.3 is 10.6 Å². The van der Waals surface area contributed by atoms with Crippen LogP contribution in [-0.2, 0) is 6.42 Å².